The Bertz CT molecular complexity index is 276. The standard InChI is InChI=1S/C11H21N3/c1-5-7-11(3,4)13-10-12-8-9-14(10)6-2/h8-9H,5-7H2,1-4H3,(H,12,13). The molecule has 1 N–H and O–H groups in total. The zero-order chi connectivity index (χ0) is 10.6. The molecule has 3 nitrogen and oxygen atoms in total. The van der Waals surface area contributed by atoms with Gasteiger partial charge in [-0.3, -0.25) is 0 Å². The van der Waals surface area contributed by atoms with Gasteiger partial charge in [-0.1, -0.05) is 13.3 Å². The molecule has 1 rings (SSSR count). The van der Waals surface area contributed by atoms with Crippen LogP contribution in [0.3, 0.4) is 0 Å². The summed E-state index contributed by atoms with van der Waals surface area (Å²) in [6.07, 6.45) is 6.19. The van der Waals surface area contributed by atoms with Gasteiger partial charge in [0.05, 0.1) is 0 Å². The van der Waals surface area contributed by atoms with Gasteiger partial charge in [0.15, 0.2) is 0 Å². The van der Waals surface area contributed by atoms with Crippen LogP contribution < -0.4 is 5.32 Å². The molecule has 1 heterocycles. The number of nitrogens with zero attached hydrogens (tertiary/aromatic N) is 2. The van der Waals surface area contributed by atoms with Crippen LogP contribution in [0, 0.1) is 0 Å². The predicted molar refractivity (Wildman–Crippen MR) is 60.5 cm³/mol. The second-order valence-electron chi connectivity index (χ2n) is 4.30. The van der Waals surface area contributed by atoms with Gasteiger partial charge >= 0.3 is 0 Å². The van der Waals surface area contributed by atoms with E-state index in [9.17, 15) is 0 Å². The molecule has 0 bridgehead atoms. The van der Waals surface area contributed by atoms with Gasteiger partial charge in [0, 0.05) is 24.5 Å². The first kappa shape index (κ1) is 11.1. The van der Waals surface area contributed by atoms with Crippen LogP contribution in [0.4, 0.5) is 5.95 Å². The highest BCUT2D eigenvalue weighted by atomic mass is 15.2. The molecule has 0 aliphatic heterocycles. The summed E-state index contributed by atoms with van der Waals surface area (Å²) in [6.45, 7) is 9.72. The molecule has 0 saturated carbocycles. The fourth-order valence-electron chi connectivity index (χ4n) is 1.68. The average Bonchev–Trinajstić information content (AvgIpc) is 2.50. The zero-order valence-corrected chi connectivity index (χ0v) is 9.67. The quantitative estimate of drug-likeness (QED) is 0.783. The molecule has 0 aliphatic carbocycles. The number of aromatic nitrogens is 2. The van der Waals surface area contributed by atoms with Gasteiger partial charge in [0.1, 0.15) is 0 Å². The molecular weight excluding hydrogens is 174 g/mol. The van der Waals surface area contributed by atoms with Crippen molar-refractivity contribution in [3.05, 3.63) is 12.4 Å². The molecule has 0 saturated heterocycles. The molecule has 0 aliphatic rings. The minimum Gasteiger partial charge on any atom is -0.351 e. The number of imidazole rings is 1. The topological polar surface area (TPSA) is 29.9 Å². The third-order valence-corrected chi connectivity index (χ3v) is 2.38. The summed E-state index contributed by atoms with van der Waals surface area (Å²) >= 11 is 0. The lowest BCUT2D eigenvalue weighted by molar-refractivity contribution is 0.502. The van der Waals surface area contributed by atoms with E-state index in [1.54, 1.807) is 0 Å². The number of hydrogen-bond donors (Lipinski definition) is 1. The maximum atomic E-state index is 4.31. The maximum absolute atomic E-state index is 4.31. The summed E-state index contributed by atoms with van der Waals surface area (Å²) in [5.74, 6) is 0.978. The van der Waals surface area contributed by atoms with E-state index in [0.717, 1.165) is 18.9 Å². The maximum Gasteiger partial charge on any atom is 0.203 e. The zero-order valence-electron chi connectivity index (χ0n) is 9.67. The van der Waals surface area contributed by atoms with Gasteiger partial charge in [-0.2, -0.15) is 0 Å². The van der Waals surface area contributed by atoms with E-state index in [-0.39, 0.29) is 5.54 Å². The Morgan fingerprint density at radius 1 is 1.43 bits per heavy atom. The molecule has 0 aromatic carbocycles. The second kappa shape index (κ2) is 4.49. The van der Waals surface area contributed by atoms with Crippen molar-refractivity contribution >= 4 is 5.95 Å². The Morgan fingerprint density at radius 2 is 2.14 bits per heavy atom. The van der Waals surface area contributed by atoms with Crippen molar-refractivity contribution < 1.29 is 0 Å². The summed E-state index contributed by atoms with van der Waals surface area (Å²) in [4.78, 5) is 4.31. The normalized spacial score (nSPS) is 11.7. The first-order valence-electron chi connectivity index (χ1n) is 5.38. The number of hydrogen-bond acceptors (Lipinski definition) is 2. The summed E-state index contributed by atoms with van der Waals surface area (Å²) in [5, 5.41) is 3.47. The largest absolute Gasteiger partial charge is 0.351 e. The van der Waals surface area contributed by atoms with E-state index in [1.807, 2.05) is 12.4 Å². The third kappa shape index (κ3) is 2.76. The molecule has 0 fully saturated rings. The van der Waals surface area contributed by atoms with E-state index >= 15 is 0 Å². The molecular formula is C11H21N3. The van der Waals surface area contributed by atoms with Gasteiger partial charge in [0.2, 0.25) is 5.95 Å². The van der Waals surface area contributed by atoms with Crippen molar-refractivity contribution in [3.63, 3.8) is 0 Å². The number of rotatable bonds is 5. The lowest BCUT2D eigenvalue weighted by atomic mass is 9.99. The van der Waals surface area contributed by atoms with Gasteiger partial charge in [-0.15, -0.1) is 0 Å². The molecule has 0 unspecified atom stereocenters. The first-order chi connectivity index (χ1) is 6.59. The average molecular weight is 195 g/mol. The lowest BCUT2D eigenvalue weighted by Gasteiger charge is -2.26. The van der Waals surface area contributed by atoms with E-state index < -0.39 is 0 Å². The monoisotopic (exact) mass is 195 g/mol. The fraction of sp³-hybridized carbons (Fsp3) is 0.727. The molecule has 1 aromatic rings. The Balaban J connectivity index is 2.67. The van der Waals surface area contributed by atoms with Crippen LogP contribution >= 0.6 is 0 Å². The predicted octanol–water partition coefficient (Wildman–Crippen LogP) is 2.89. The van der Waals surface area contributed by atoms with Crippen LogP contribution in [0.1, 0.15) is 40.5 Å². The van der Waals surface area contributed by atoms with Crippen molar-refractivity contribution in [2.45, 2.75) is 52.6 Å². The Hall–Kier alpha value is -0.990. The highest BCUT2D eigenvalue weighted by molar-refractivity contribution is 5.29. The number of nitrogens with one attached hydrogen (secondary N) is 1. The van der Waals surface area contributed by atoms with E-state index in [0.29, 0.717) is 0 Å². The number of aryl methyl sites for hydroxylation is 1. The van der Waals surface area contributed by atoms with Crippen molar-refractivity contribution in [2.24, 2.45) is 0 Å². The van der Waals surface area contributed by atoms with Crippen LogP contribution in [0.5, 0.6) is 0 Å². The molecule has 3 heteroatoms. The van der Waals surface area contributed by atoms with E-state index in [1.165, 1.54) is 6.42 Å². The Morgan fingerprint density at radius 3 is 2.71 bits per heavy atom. The van der Waals surface area contributed by atoms with Crippen LogP contribution in [-0.4, -0.2) is 15.1 Å². The van der Waals surface area contributed by atoms with Crippen molar-refractivity contribution in [3.8, 4) is 0 Å². The summed E-state index contributed by atoms with van der Waals surface area (Å²) in [6, 6.07) is 0. The minimum atomic E-state index is 0.132. The van der Waals surface area contributed by atoms with Gasteiger partial charge < -0.3 is 9.88 Å². The Labute approximate surface area is 86.5 Å². The first-order valence-corrected chi connectivity index (χ1v) is 5.38. The van der Waals surface area contributed by atoms with Gasteiger partial charge in [-0.25, -0.2) is 4.98 Å². The lowest BCUT2D eigenvalue weighted by Crippen LogP contribution is -2.32. The van der Waals surface area contributed by atoms with Crippen LogP contribution in [0.25, 0.3) is 0 Å². The fourth-order valence-corrected chi connectivity index (χ4v) is 1.68. The minimum absolute atomic E-state index is 0.132. The summed E-state index contributed by atoms with van der Waals surface area (Å²) in [5.41, 5.74) is 0.132. The molecule has 0 amide bonds. The summed E-state index contributed by atoms with van der Waals surface area (Å²) in [7, 11) is 0. The van der Waals surface area contributed by atoms with Crippen LogP contribution in [-0.2, 0) is 6.54 Å². The van der Waals surface area contributed by atoms with Crippen LogP contribution in [0.15, 0.2) is 12.4 Å². The van der Waals surface area contributed by atoms with E-state index in [4.69, 9.17) is 0 Å². The molecule has 14 heavy (non-hydrogen) atoms. The van der Waals surface area contributed by atoms with Crippen molar-refractivity contribution in [2.75, 3.05) is 5.32 Å². The van der Waals surface area contributed by atoms with Gasteiger partial charge in [-0.05, 0) is 27.2 Å². The SMILES string of the molecule is CCCC(C)(C)Nc1nccn1CC. The van der Waals surface area contributed by atoms with Crippen molar-refractivity contribution in [1.29, 1.82) is 0 Å². The molecule has 1 aromatic heterocycles. The second-order valence-corrected chi connectivity index (χ2v) is 4.30. The molecule has 80 valence electrons. The highest BCUT2D eigenvalue weighted by Crippen LogP contribution is 2.17. The highest BCUT2D eigenvalue weighted by Gasteiger charge is 2.17. The molecule has 0 radical (unpaired) electrons. The number of anilines is 1. The molecule has 0 atom stereocenters. The van der Waals surface area contributed by atoms with Crippen LogP contribution in [0.2, 0.25) is 0 Å². The van der Waals surface area contributed by atoms with Crippen molar-refractivity contribution in [1.82, 2.24) is 9.55 Å². The third-order valence-electron chi connectivity index (χ3n) is 2.38. The van der Waals surface area contributed by atoms with E-state index in [2.05, 4.69) is 42.6 Å². The summed E-state index contributed by atoms with van der Waals surface area (Å²) < 4.78 is 2.12. The smallest absolute Gasteiger partial charge is 0.203 e. The molecule has 0 spiro atoms. The Kier molecular flexibility index (Phi) is 3.55. The van der Waals surface area contributed by atoms with Gasteiger partial charge in [0.25, 0.3) is 0 Å².